The minimum Gasteiger partial charge on any atom is -0.387 e. The summed E-state index contributed by atoms with van der Waals surface area (Å²) < 4.78 is 0. The molecule has 3 nitrogen and oxygen atoms in total. The Morgan fingerprint density at radius 1 is 1.31 bits per heavy atom. The zero-order valence-corrected chi connectivity index (χ0v) is 9.21. The second kappa shape index (κ2) is 3.91. The number of piperidine rings is 3. The van der Waals surface area contributed by atoms with E-state index in [0.717, 1.165) is 37.3 Å². The van der Waals surface area contributed by atoms with Crippen LogP contribution in [0.25, 0.3) is 6.08 Å². The van der Waals surface area contributed by atoms with Gasteiger partial charge >= 0.3 is 0 Å². The Balaban J connectivity index is 1.92. The molecule has 1 atom stereocenters. The largest absolute Gasteiger partial charge is 0.387 e. The van der Waals surface area contributed by atoms with Crippen molar-refractivity contribution in [1.82, 2.24) is 9.88 Å². The third-order valence-electron chi connectivity index (χ3n) is 3.64. The van der Waals surface area contributed by atoms with Crippen LogP contribution in [0.1, 0.15) is 18.5 Å². The average molecular weight is 216 g/mol. The molecule has 0 aliphatic carbocycles. The van der Waals surface area contributed by atoms with Crippen LogP contribution in [0.3, 0.4) is 0 Å². The van der Waals surface area contributed by atoms with Crippen LogP contribution in [0.2, 0.25) is 0 Å². The smallest absolute Gasteiger partial charge is 0.0966 e. The number of pyridine rings is 1. The van der Waals surface area contributed by atoms with E-state index in [9.17, 15) is 5.11 Å². The van der Waals surface area contributed by atoms with E-state index in [1.54, 1.807) is 6.20 Å². The summed E-state index contributed by atoms with van der Waals surface area (Å²) in [6.07, 6.45) is 5.77. The van der Waals surface area contributed by atoms with Crippen molar-refractivity contribution in [2.24, 2.45) is 5.92 Å². The lowest BCUT2D eigenvalue weighted by Crippen LogP contribution is -2.48. The first-order valence-corrected chi connectivity index (χ1v) is 5.90. The average Bonchev–Trinajstić information content (AvgIpc) is 2.36. The van der Waals surface area contributed by atoms with Crippen LogP contribution in [-0.2, 0) is 0 Å². The number of hydrogen-bond donors (Lipinski definition) is 1. The molecule has 1 unspecified atom stereocenters. The van der Waals surface area contributed by atoms with Gasteiger partial charge in [0.05, 0.1) is 11.8 Å². The van der Waals surface area contributed by atoms with Crippen LogP contribution in [0, 0.1) is 5.92 Å². The Morgan fingerprint density at radius 2 is 2.12 bits per heavy atom. The molecule has 4 heterocycles. The fourth-order valence-corrected chi connectivity index (χ4v) is 2.69. The number of rotatable bonds is 1. The maximum Gasteiger partial charge on any atom is 0.0966 e. The Bertz CT molecular complexity index is 390. The van der Waals surface area contributed by atoms with E-state index in [2.05, 4.69) is 9.88 Å². The molecule has 3 saturated heterocycles. The summed E-state index contributed by atoms with van der Waals surface area (Å²) in [5, 5.41) is 10.2. The molecule has 16 heavy (non-hydrogen) atoms. The lowest BCUT2D eigenvalue weighted by Gasteiger charge is -2.45. The molecule has 0 amide bonds. The van der Waals surface area contributed by atoms with Gasteiger partial charge in [0.15, 0.2) is 0 Å². The second-order valence-electron chi connectivity index (χ2n) is 4.59. The van der Waals surface area contributed by atoms with E-state index < -0.39 is 0 Å². The molecule has 0 radical (unpaired) electrons. The number of nitrogens with zero attached hydrogens (tertiary/aromatic N) is 2. The van der Waals surface area contributed by atoms with Gasteiger partial charge in [0, 0.05) is 25.0 Å². The number of hydrogen-bond acceptors (Lipinski definition) is 3. The van der Waals surface area contributed by atoms with Crippen molar-refractivity contribution in [3.8, 4) is 0 Å². The van der Waals surface area contributed by atoms with Gasteiger partial charge in [-0.25, -0.2) is 0 Å². The summed E-state index contributed by atoms with van der Waals surface area (Å²) >= 11 is 0. The number of aliphatic hydroxyl groups excluding tert-OH is 1. The van der Waals surface area contributed by atoms with Crippen molar-refractivity contribution in [1.29, 1.82) is 0 Å². The summed E-state index contributed by atoms with van der Waals surface area (Å²) in [4.78, 5) is 6.57. The molecule has 1 aromatic heterocycles. The fraction of sp³-hybridized carbons (Fsp3) is 0.462. The highest BCUT2D eigenvalue weighted by atomic mass is 16.3. The van der Waals surface area contributed by atoms with Crippen LogP contribution in [0.5, 0.6) is 0 Å². The Morgan fingerprint density at radius 3 is 2.75 bits per heavy atom. The summed E-state index contributed by atoms with van der Waals surface area (Å²) in [6.45, 7) is 2.17. The molecule has 0 spiro atoms. The van der Waals surface area contributed by atoms with E-state index in [0.29, 0.717) is 5.92 Å². The highest BCUT2D eigenvalue weighted by Gasteiger charge is 2.36. The highest BCUT2D eigenvalue weighted by molar-refractivity contribution is 5.50. The van der Waals surface area contributed by atoms with Crippen LogP contribution >= 0.6 is 0 Å². The molecular formula is C13H16N2O. The molecule has 2 bridgehead atoms. The first-order chi connectivity index (χ1) is 7.84. The van der Waals surface area contributed by atoms with Gasteiger partial charge in [-0.1, -0.05) is 6.07 Å². The van der Waals surface area contributed by atoms with E-state index in [4.69, 9.17) is 0 Å². The molecule has 1 N–H and O–H groups in total. The van der Waals surface area contributed by atoms with Gasteiger partial charge < -0.3 is 10.0 Å². The summed E-state index contributed by atoms with van der Waals surface area (Å²) in [5.74, 6) is 0.458. The molecule has 3 aliphatic heterocycles. The molecule has 0 aromatic carbocycles. The number of fused-ring (bicyclic) bond motifs is 3. The van der Waals surface area contributed by atoms with Gasteiger partial charge in [-0.3, -0.25) is 4.98 Å². The first-order valence-electron chi connectivity index (χ1n) is 5.90. The van der Waals surface area contributed by atoms with Gasteiger partial charge in [0.1, 0.15) is 0 Å². The maximum atomic E-state index is 10.2. The van der Waals surface area contributed by atoms with Crippen molar-refractivity contribution in [2.45, 2.75) is 18.9 Å². The van der Waals surface area contributed by atoms with Crippen LogP contribution < -0.4 is 0 Å². The van der Waals surface area contributed by atoms with Crippen LogP contribution in [0.4, 0.5) is 0 Å². The van der Waals surface area contributed by atoms with E-state index in [1.807, 2.05) is 24.3 Å². The molecule has 4 rings (SSSR count). The standard InChI is InChI=1S/C13H16N2O/c16-13-10-4-7-15(8-5-10)12(13)9-11-3-1-2-6-14-11/h1-3,6,9-10,13,16H,4-5,7-8H2. The predicted octanol–water partition coefficient (Wildman–Crippen LogP) is 1.51. The zero-order chi connectivity index (χ0) is 11.0. The lowest BCUT2D eigenvalue weighted by molar-refractivity contribution is 0.0214. The molecule has 1 aromatic rings. The third kappa shape index (κ3) is 1.61. The number of aromatic nitrogens is 1. The summed E-state index contributed by atoms with van der Waals surface area (Å²) in [7, 11) is 0. The van der Waals surface area contributed by atoms with Crippen molar-refractivity contribution >= 4 is 6.08 Å². The van der Waals surface area contributed by atoms with Crippen molar-refractivity contribution in [3.05, 3.63) is 35.8 Å². The normalized spacial score (nSPS) is 31.1. The van der Waals surface area contributed by atoms with Crippen LogP contribution in [-0.4, -0.2) is 34.2 Å². The quantitative estimate of drug-likeness (QED) is 0.773. The van der Waals surface area contributed by atoms with Crippen molar-refractivity contribution in [3.63, 3.8) is 0 Å². The van der Waals surface area contributed by atoms with Gasteiger partial charge in [0.2, 0.25) is 0 Å². The molecule has 84 valence electrons. The van der Waals surface area contributed by atoms with E-state index >= 15 is 0 Å². The van der Waals surface area contributed by atoms with Crippen molar-refractivity contribution < 1.29 is 5.11 Å². The van der Waals surface area contributed by atoms with Gasteiger partial charge in [-0.2, -0.15) is 0 Å². The summed E-state index contributed by atoms with van der Waals surface area (Å²) in [5.41, 5.74) is 1.99. The molecule has 3 heteroatoms. The van der Waals surface area contributed by atoms with Gasteiger partial charge in [0.25, 0.3) is 0 Å². The van der Waals surface area contributed by atoms with E-state index in [-0.39, 0.29) is 6.10 Å². The summed E-state index contributed by atoms with van der Waals surface area (Å²) in [6, 6.07) is 5.86. The maximum absolute atomic E-state index is 10.2. The Hall–Kier alpha value is -1.35. The van der Waals surface area contributed by atoms with Gasteiger partial charge in [-0.15, -0.1) is 0 Å². The molecule has 0 saturated carbocycles. The second-order valence-corrected chi connectivity index (χ2v) is 4.59. The fourth-order valence-electron chi connectivity index (χ4n) is 2.69. The minimum absolute atomic E-state index is 0.287. The highest BCUT2D eigenvalue weighted by Crippen LogP contribution is 2.35. The lowest BCUT2D eigenvalue weighted by atomic mass is 9.83. The predicted molar refractivity (Wildman–Crippen MR) is 62.5 cm³/mol. The van der Waals surface area contributed by atoms with Gasteiger partial charge in [-0.05, 0) is 37.0 Å². The zero-order valence-electron chi connectivity index (χ0n) is 9.21. The Kier molecular flexibility index (Phi) is 2.40. The SMILES string of the molecule is OC1C(=Cc2ccccn2)N2CCC1CC2. The van der Waals surface area contributed by atoms with E-state index in [1.165, 1.54) is 0 Å². The monoisotopic (exact) mass is 216 g/mol. The van der Waals surface area contributed by atoms with Crippen molar-refractivity contribution in [2.75, 3.05) is 13.1 Å². The first kappa shape index (κ1) is 9.85. The molecular weight excluding hydrogens is 200 g/mol. The van der Waals surface area contributed by atoms with Crippen LogP contribution in [0.15, 0.2) is 30.1 Å². The Labute approximate surface area is 95.4 Å². The number of aliphatic hydroxyl groups is 1. The molecule has 3 fully saturated rings. The molecule has 3 aliphatic rings. The third-order valence-corrected chi connectivity index (χ3v) is 3.64. The minimum atomic E-state index is -0.287. The topological polar surface area (TPSA) is 36.4 Å².